The van der Waals surface area contributed by atoms with Gasteiger partial charge in [0, 0.05) is 43.4 Å². The van der Waals surface area contributed by atoms with Gasteiger partial charge in [0.05, 0.1) is 12.2 Å². The van der Waals surface area contributed by atoms with Crippen LogP contribution in [0.25, 0.3) is 0 Å². The zero-order valence-electron chi connectivity index (χ0n) is 26.9. The van der Waals surface area contributed by atoms with Crippen molar-refractivity contribution in [2.45, 2.75) is 103 Å². The SMILES string of the molecule is CCCC=CC(=O)CCc1cc(OC2CCCC2)c(O)c(C2C3CC(C)CCC3=CC3C(CN=C(N)N)C=CC(OC)C32)c1. The first-order chi connectivity index (χ1) is 21.3. The van der Waals surface area contributed by atoms with Crippen molar-refractivity contribution in [2.75, 3.05) is 13.7 Å². The summed E-state index contributed by atoms with van der Waals surface area (Å²) in [5.74, 6) is 2.39. The van der Waals surface area contributed by atoms with Crippen molar-refractivity contribution < 1.29 is 19.4 Å². The van der Waals surface area contributed by atoms with Crippen LogP contribution in [0.4, 0.5) is 0 Å². The molecule has 0 radical (unpaired) electrons. The minimum absolute atomic E-state index is 0.0328. The third-order valence-electron chi connectivity index (χ3n) is 10.5. The minimum atomic E-state index is -0.108. The third kappa shape index (κ3) is 7.42. The van der Waals surface area contributed by atoms with Crippen LogP contribution in [0.3, 0.4) is 0 Å². The number of nitrogens with two attached hydrogens (primary N) is 2. The highest BCUT2D eigenvalue weighted by Gasteiger charge is 2.49. The molecule has 2 saturated carbocycles. The number of methoxy groups -OCH3 is 1. The van der Waals surface area contributed by atoms with Gasteiger partial charge in [-0.3, -0.25) is 9.79 Å². The second-order valence-corrected chi connectivity index (χ2v) is 13.6. The molecule has 7 nitrogen and oxygen atoms in total. The number of nitrogens with zero attached hydrogens (tertiary/aromatic N) is 1. The number of carbonyl (C=O) groups excluding carboxylic acids is 1. The maximum Gasteiger partial charge on any atom is 0.185 e. The van der Waals surface area contributed by atoms with E-state index in [4.69, 9.17) is 20.9 Å². The van der Waals surface area contributed by atoms with Crippen molar-refractivity contribution >= 4 is 11.7 Å². The Bertz CT molecular complexity index is 1270. The molecule has 2 fully saturated rings. The molecule has 0 saturated heterocycles. The Kier molecular flexibility index (Phi) is 10.9. The Morgan fingerprint density at radius 2 is 1.95 bits per heavy atom. The summed E-state index contributed by atoms with van der Waals surface area (Å²) in [4.78, 5) is 17.1. The van der Waals surface area contributed by atoms with Crippen molar-refractivity contribution in [3.05, 3.63) is 59.2 Å². The molecule has 7 heteroatoms. The van der Waals surface area contributed by atoms with Gasteiger partial charge < -0.3 is 26.0 Å². The molecule has 7 atom stereocenters. The Hall–Kier alpha value is -3.06. The van der Waals surface area contributed by atoms with Crippen LogP contribution in [0.15, 0.2) is 53.1 Å². The lowest BCUT2D eigenvalue weighted by atomic mass is 9.55. The number of ether oxygens (including phenoxy) is 2. The normalized spacial score (nSPS) is 30.1. The highest BCUT2D eigenvalue weighted by Crippen LogP contribution is 2.57. The summed E-state index contributed by atoms with van der Waals surface area (Å²) >= 11 is 0. The van der Waals surface area contributed by atoms with Crippen LogP contribution in [0.5, 0.6) is 11.5 Å². The number of hydrogen-bond acceptors (Lipinski definition) is 5. The van der Waals surface area contributed by atoms with Crippen LogP contribution in [-0.4, -0.2) is 42.7 Å². The zero-order chi connectivity index (χ0) is 31.2. The molecule has 0 aliphatic heterocycles. The summed E-state index contributed by atoms with van der Waals surface area (Å²) in [6.45, 7) is 4.98. The number of rotatable bonds is 12. The van der Waals surface area contributed by atoms with E-state index >= 15 is 0 Å². The quantitative estimate of drug-likeness (QED) is 0.105. The van der Waals surface area contributed by atoms with Gasteiger partial charge in [-0.1, -0.05) is 56.2 Å². The lowest BCUT2D eigenvalue weighted by Crippen LogP contribution is -2.46. The number of hydrogen-bond donors (Lipinski definition) is 3. The molecule has 4 aliphatic carbocycles. The summed E-state index contributed by atoms with van der Waals surface area (Å²) in [5.41, 5.74) is 15.0. The van der Waals surface area contributed by atoms with Crippen molar-refractivity contribution in [2.24, 2.45) is 46.0 Å². The molecule has 7 unspecified atom stereocenters. The summed E-state index contributed by atoms with van der Waals surface area (Å²) in [5, 5.41) is 12.1. The molecule has 0 amide bonds. The van der Waals surface area contributed by atoms with Gasteiger partial charge >= 0.3 is 0 Å². The van der Waals surface area contributed by atoms with Gasteiger partial charge in [-0.15, -0.1) is 0 Å². The van der Waals surface area contributed by atoms with Crippen LogP contribution in [-0.2, 0) is 16.0 Å². The zero-order valence-corrected chi connectivity index (χ0v) is 26.9. The number of carbonyl (C=O) groups is 1. The second kappa shape index (κ2) is 14.8. The lowest BCUT2D eigenvalue weighted by Gasteiger charge is -2.51. The van der Waals surface area contributed by atoms with Crippen LogP contribution in [0.1, 0.15) is 95.1 Å². The summed E-state index contributed by atoms with van der Waals surface area (Å²) in [6, 6.07) is 4.15. The van der Waals surface area contributed by atoms with Crippen LogP contribution >= 0.6 is 0 Å². The Labute approximate surface area is 263 Å². The first-order valence-electron chi connectivity index (χ1n) is 17.0. The number of fused-ring (bicyclic) bond motifs is 2. The summed E-state index contributed by atoms with van der Waals surface area (Å²) in [6.07, 6.45) is 21.2. The number of aromatic hydroxyl groups is 1. The Morgan fingerprint density at radius 3 is 2.68 bits per heavy atom. The van der Waals surface area contributed by atoms with E-state index in [9.17, 15) is 9.90 Å². The smallest absolute Gasteiger partial charge is 0.185 e. The van der Waals surface area contributed by atoms with Crippen LogP contribution in [0.2, 0.25) is 0 Å². The van der Waals surface area contributed by atoms with Crippen molar-refractivity contribution in [3.8, 4) is 11.5 Å². The fourth-order valence-electron chi connectivity index (χ4n) is 8.24. The molecule has 0 bridgehead atoms. The maximum absolute atomic E-state index is 12.7. The lowest BCUT2D eigenvalue weighted by molar-refractivity contribution is -0.114. The monoisotopic (exact) mass is 603 g/mol. The first kappa shape index (κ1) is 32.3. The van der Waals surface area contributed by atoms with Gasteiger partial charge in [-0.2, -0.15) is 0 Å². The van der Waals surface area contributed by atoms with Crippen molar-refractivity contribution in [3.63, 3.8) is 0 Å². The molecule has 1 aromatic rings. The molecule has 5 rings (SSSR count). The first-order valence-corrected chi connectivity index (χ1v) is 17.0. The average Bonchev–Trinajstić information content (AvgIpc) is 3.52. The maximum atomic E-state index is 12.7. The number of benzene rings is 1. The fraction of sp³-hybridized carbons (Fsp3) is 0.622. The van der Waals surface area contributed by atoms with E-state index in [0.29, 0.717) is 37.0 Å². The Balaban J connectivity index is 1.58. The minimum Gasteiger partial charge on any atom is -0.504 e. The van der Waals surface area contributed by atoms with Gasteiger partial charge in [0.15, 0.2) is 23.2 Å². The molecule has 44 heavy (non-hydrogen) atoms. The molecule has 4 aliphatic rings. The van der Waals surface area contributed by atoms with E-state index in [0.717, 1.165) is 62.5 Å². The van der Waals surface area contributed by atoms with Gasteiger partial charge in [0.25, 0.3) is 0 Å². The standard InChI is InChI=1S/C37H53N3O4/c1-4-5-6-9-27(41)16-13-24-19-31(36(42)33(20-24)44-28-10-7-8-11-28)34-29-18-23(2)12-14-25(29)21-30-26(22-40-37(38)39)15-17-32(43-3)35(30)34/h6,9,15,17,19-21,23,26,28-30,32,34-35,42H,4-5,7-8,10-14,16,18,22H2,1-3H3,(H4,38,39,40). The molecule has 0 heterocycles. The number of ketones is 1. The number of unbranched alkanes of at least 4 members (excludes halogenated alkanes) is 1. The number of phenols is 1. The molecule has 5 N–H and O–H groups in total. The number of guanidine groups is 1. The number of aryl methyl sites for hydroxylation is 1. The van der Waals surface area contributed by atoms with E-state index in [2.05, 4.69) is 43.1 Å². The van der Waals surface area contributed by atoms with Crippen LogP contribution in [0, 0.1) is 29.6 Å². The number of allylic oxidation sites excluding steroid dienone is 4. The predicted octanol–water partition coefficient (Wildman–Crippen LogP) is 6.74. The van der Waals surface area contributed by atoms with Crippen molar-refractivity contribution in [1.82, 2.24) is 0 Å². The largest absolute Gasteiger partial charge is 0.504 e. The van der Waals surface area contributed by atoms with E-state index < -0.39 is 0 Å². The van der Waals surface area contributed by atoms with Gasteiger partial charge in [-0.25, -0.2) is 0 Å². The molecular formula is C37H53N3O4. The van der Waals surface area contributed by atoms with E-state index in [1.165, 1.54) is 12.0 Å². The molecular weight excluding hydrogens is 550 g/mol. The number of phenolic OH excluding ortho intramolecular Hbond substituents is 1. The average molecular weight is 604 g/mol. The second-order valence-electron chi connectivity index (χ2n) is 13.6. The fourth-order valence-corrected chi connectivity index (χ4v) is 8.24. The topological polar surface area (TPSA) is 120 Å². The van der Waals surface area contributed by atoms with Crippen LogP contribution < -0.4 is 16.2 Å². The van der Waals surface area contributed by atoms with E-state index in [1.807, 2.05) is 12.1 Å². The highest BCUT2D eigenvalue weighted by atomic mass is 16.5. The van der Waals surface area contributed by atoms with Gasteiger partial charge in [-0.05, 0) is 93.2 Å². The summed E-state index contributed by atoms with van der Waals surface area (Å²) < 4.78 is 12.7. The molecule has 0 spiro atoms. The molecule has 240 valence electrons. The van der Waals surface area contributed by atoms with E-state index in [-0.39, 0.29) is 53.4 Å². The van der Waals surface area contributed by atoms with Crippen molar-refractivity contribution in [1.29, 1.82) is 0 Å². The third-order valence-corrected chi connectivity index (χ3v) is 10.5. The molecule has 0 aromatic heterocycles. The highest BCUT2D eigenvalue weighted by molar-refractivity contribution is 5.89. The summed E-state index contributed by atoms with van der Waals surface area (Å²) in [7, 11) is 1.78. The van der Waals surface area contributed by atoms with Gasteiger partial charge in [0.2, 0.25) is 0 Å². The molecule has 1 aromatic carbocycles. The van der Waals surface area contributed by atoms with E-state index in [1.54, 1.807) is 13.2 Å². The predicted molar refractivity (Wildman–Crippen MR) is 177 cm³/mol. The number of aliphatic imine (C=N–C) groups is 1. The Morgan fingerprint density at radius 1 is 1.16 bits per heavy atom. The van der Waals surface area contributed by atoms with Gasteiger partial charge in [0.1, 0.15) is 0 Å².